The number of phenolic OH excluding ortho intramolecular Hbond substituents is 1. The summed E-state index contributed by atoms with van der Waals surface area (Å²) in [6.07, 6.45) is 0. The zero-order chi connectivity index (χ0) is 13.7. The Bertz CT molecular complexity index is 401. The van der Waals surface area contributed by atoms with Crippen molar-refractivity contribution in [3.05, 3.63) is 23.8 Å². The van der Waals surface area contributed by atoms with Crippen LogP contribution in [0.25, 0.3) is 0 Å². The van der Waals surface area contributed by atoms with Crippen molar-refractivity contribution in [1.29, 1.82) is 0 Å². The van der Waals surface area contributed by atoms with Gasteiger partial charge in [0.2, 0.25) is 0 Å². The van der Waals surface area contributed by atoms with E-state index in [9.17, 15) is 5.11 Å². The van der Waals surface area contributed by atoms with Crippen molar-refractivity contribution in [2.75, 3.05) is 39.3 Å². The standard InChI is InChI=1S/C15H24N2O2/c1-3-16-7-9-17(10-8-16)12-13-5-6-14(18)15(11-13)19-4-2/h5-6,11,18H,3-4,7-10,12H2,1-2H3. The van der Waals surface area contributed by atoms with Crippen LogP contribution in [0, 0.1) is 0 Å². The number of aromatic hydroxyl groups is 1. The molecule has 0 amide bonds. The molecule has 1 aromatic rings. The van der Waals surface area contributed by atoms with Crippen molar-refractivity contribution >= 4 is 0 Å². The monoisotopic (exact) mass is 264 g/mol. The molecule has 1 saturated heterocycles. The molecule has 106 valence electrons. The predicted molar refractivity (Wildman–Crippen MR) is 76.7 cm³/mol. The van der Waals surface area contributed by atoms with E-state index in [0.717, 1.165) is 39.3 Å². The van der Waals surface area contributed by atoms with Gasteiger partial charge in [-0.3, -0.25) is 4.90 Å². The first-order chi connectivity index (χ1) is 9.22. The van der Waals surface area contributed by atoms with Crippen LogP contribution in [0.3, 0.4) is 0 Å². The summed E-state index contributed by atoms with van der Waals surface area (Å²) in [5, 5.41) is 9.69. The van der Waals surface area contributed by atoms with Crippen molar-refractivity contribution in [2.45, 2.75) is 20.4 Å². The molecule has 0 unspecified atom stereocenters. The molecule has 0 saturated carbocycles. The third kappa shape index (κ3) is 3.85. The Hall–Kier alpha value is -1.26. The smallest absolute Gasteiger partial charge is 0.161 e. The first kappa shape index (κ1) is 14.2. The average molecular weight is 264 g/mol. The highest BCUT2D eigenvalue weighted by molar-refractivity contribution is 5.41. The number of phenols is 1. The largest absolute Gasteiger partial charge is 0.504 e. The van der Waals surface area contributed by atoms with Crippen LogP contribution < -0.4 is 4.74 Å². The second-order valence-electron chi connectivity index (χ2n) is 4.95. The first-order valence-electron chi connectivity index (χ1n) is 7.12. The van der Waals surface area contributed by atoms with E-state index in [-0.39, 0.29) is 5.75 Å². The minimum atomic E-state index is 0.224. The summed E-state index contributed by atoms with van der Waals surface area (Å²) in [4.78, 5) is 4.92. The van der Waals surface area contributed by atoms with Gasteiger partial charge in [0.25, 0.3) is 0 Å². The zero-order valence-electron chi connectivity index (χ0n) is 11.9. The Morgan fingerprint density at radius 3 is 2.42 bits per heavy atom. The SMILES string of the molecule is CCOc1cc(CN2CCN(CC)CC2)ccc1O. The summed E-state index contributed by atoms with van der Waals surface area (Å²) in [5.41, 5.74) is 1.20. The summed E-state index contributed by atoms with van der Waals surface area (Å²) >= 11 is 0. The van der Waals surface area contributed by atoms with E-state index in [0.29, 0.717) is 12.4 Å². The lowest BCUT2D eigenvalue weighted by atomic mass is 10.1. The lowest BCUT2D eigenvalue weighted by Crippen LogP contribution is -2.45. The molecule has 4 nitrogen and oxygen atoms in total. The Kier molecular flexibility index (Phi) is 5.05. The van der Waals surface area contributed by atoms with Gasteiger partial charge >= 0.3 is 0 Å². The molecule has 1 N–H and O–H groups in total. The molecule has 0 aliphatic carbocycles. The number of piperazine rings is 1. The van der Waals surface area contributed by atoms with Crippen molar-refractivity contribution in [1.82, 2.24) is 9.80 Å². The molecule has 1 heterocycles. The van der Waals surface area contributed by atoms with Crippen LogP contribution in [-0.2, 0) is 6.54 Å². The molecular weight excluding hydrogens is 240 g/mol. The summed E-state index contributed by atoms with van der Waals surface area (Å²) in [6.45, 7) is 11.3. The van der Waals surface area contributed by atoms with Crippen LogP contribution in [0.2, 0.25) is 0 Å². The number of nitrogens with zero attached hydrogens (tertiary/aromatic N) is 2. The van der Waals surface area contributed by atoms with Crippen LogP contribution in [0.5, 0.6) is 11.5 Å². The number of ether oxygens (including phenoxy) is 1. The van der Waals surface area contributed by atoms with E-state index in [1.807, 2.05) is 19.1 Å². The minimum Gasteiger partial charge on any atom is -0.504 e. The Morgan fingerprint density at radius 1 is 1.11 bits per heavy atom. The quantitative estimate of drug-likeness (QED) is 0.881. The molecular formula is C15H24N2O2. The van der Waals surface area contributed by atoms with Crippen molar-refractivity contribution in [2.24, 2.45) is 0 Å². The van der Waals surface area contributed by atoms with Crippen LogP contribution in [-0.4, -0.2) is 54.2 Å². The molecule has 1 aliphatic rings. The number of hydrogen-bond donors (Lipinski definition) is 1. The van der Waals surface area contributed by atoms with Gasteiger partial charge in [-0.25, -0.2) is 0 Å². The molecule has 0 aromatic heterocycles. The van der Waals surface area contributed by atoms with Gasteiger partial charge in [-0.05, 0) is 31.2 Å². The zero-order valence-corrected chi connectivity index (χ0v) is 11.9. The number of hydrogen-bond acceptors (Lipinski definition) is 4. The highest BCUT2D eigenvalue weighted by atomic mass is 16.5. The van der Waals surface area contributed by atoms with E-state index in [2.05, 4.69) is 16.7 Å². The van der Waals surface area contributed by atoms with Gasteiger partial charge in [-0.2, -0.15) is 0 Å². The van der Waals surface area contributed by atoms with Gasteiger partial charge in [0, 0.05) is 32.7 Å². The number of rotatable bonds is 5. The fourth-order valence-corrected chi connectivity index (χ4v) is 2.45. The topological polar surface area (TPSA) is 35.9 Å². The summed E-state index contributed by atoms with van der Waals surface area (Å²) in [5.74, 6) is 0.814. The van der Waals surface area contributed by atoms with Gasteiger partial charge in [0.1, 0.15) is 0 Å². The third-order valence-corrected chi connectivity index (χ3v) is 3.64. The minimum absolute atomic E-state index is 0.224. The molecule has 19 heavy (non-hydrogen) atoms. The van der Waals surface area contributed by atoms with Crippen molar-refractivity contribution in [3.8, 4) is 11.5 Å². The van der Waals surface area contributed by atoms with Crippen molar-refractivity contribution < 1.29 is 9.84 Å². The molecule has 0 spiro atoms. The normalized spacial score (nSPS) is 17.6. The van der Waals surface area contributed by atoms with E-state index in [1.54, 1.807) is 6.07 Å². The average Bonchev–Trinajstić information content (AvgIpc) is 2.44. The Balaban J connectivity index is 1.94. The summed E-state index contributed by atoms with van der Waals surface area (Å²) in [6, 6.07) is 5.65. The van der Waals surface area contributed by atoms with Crippen LogP contribution in [0.1, 0.15) is 19.4 Å². The fourth-order valence-electron chi connectivity index (χ4n) is 2.45. The fraction of sp³-hybridized carbons (Fsp3) is 0.600. The second-order valence-corrected chi connectivity index (χ2v) is 4.95. The van der Waals surface area contributed by atoms with Crippen LogP contribution in [0.15, 0.2) is 18.2 Å². The van der Waals surface area contributed by atoms with Crippen molar-refractivity contribution in [3.63, 3.8) is 0 Å². The maximum Gasteiger partial charge on any atom is 0.161 e. The highest BCUT2D eigenvalue weighted by Crippen LogP contribution is 2.27. The Labute approximate surface area is 115 Å². The van der Waals surface area contributed by atoms with Gasteiger partial charge in [-0.15, -0.1) is 0 Å². The lowest BCUT2D eigenvalue weighted by molar-refractivity contribution is 0.132. The van der Waals surface area contributed by atoms with Gasteiger partial charge in [0.15, 0.2) is 11.5 Å². The van der Waals surface area contributed by atoms with E-state index in [4.69, 9.17) is 4.74 Å². The maximum absolute atomic E-state index is 9.69. The van der Waals surface area contributed by atoms with E-state index < -0.39 is 0 Å². The van der Waals surface area contributed by atoms with Gasteiger partial charge < -0.3 is 14.7 Å². The first-order valence-corrected chi connectivity index (χ1v) is 7.12. The predicted octanol–water partition coefficient (Wildman–Crippen LogP) is 1.93. The third-order valence-electron chi connectivity index (χ3n) is 3.64. The van der Waals surface area contributed by atoms with Gasteiger partial charge in [0.05, 0.1) is 6.61 Å². The molecule has 1 aromatic carbocycles. The van der Waals surface area contributed by atoms with E-state index in [1.165, 1.54) is 5.56 Å². The molecule has 1 aliphatic heterocycles. The molecule has 2 rings (SSSR count). The highest BCUT2D eigenvalue weighted by Gasteiger charge is 2.16. The van der Waals surface area contributed by atoms with Crippen LogP contribution in [0.4, 0.5) is 0 Å². The molecule has 0 radical (unpaired) electrons. The number of likely N-dealkylation sites (N-methyl/N-ethyl adjacent to an activating group) is 1. The molecule has 4 heteroatoms. The number of benzene rings is 1. The second kappa shape index (κ2) is 6.78. The molecule has 1 fully saturated rings. The molecule has 0 atom stereocenters. The van der Waals surface area contributed by atoms with Crippen LogP contribution >= 0.6 is 0 Å². The lowest BCUT2D eigenvalue weighted by Gasteiger charge is -2.34. The summed E-state index contributed by atoms with van der Waals surface area (Å²) in [7, 11) is 0. The maximum atomic E-state index is 9.69. The Morgan fingerprint density at radius 2 is 1.79 bits per heavy atom. The molecule has 0 bridgehead atoms. The van der Waals surface area contributed by atoms with E-state index >= 15 is 0 Å². The summed E-state index contributed by atoms with van der Waals surface area (Å²) < 4.78 is 5.42. The van der Waals surface area contributed by atoms with Gasteiger partial charge in [-0.1, -0.05) is 13.0 Å².